The molecule has 0 fully saturated rings. The molecule has 148 valence electrons. The summed E-state index contributed by atoms with van der Waals surface area (Å²) >= 11 is 0. The molecule has 1 rings (SSSR count). The summed E-state index contributed by atoms with van der Waals surface area (Å²) in [6.45, 7) is 10.7. The molecule has 7 heteroatoms. The number of likely N-dealkylation sites (N-methyl/N-ethyl adjacent to an activating group) is 1. The van der Waals surface area contributed by atoms with E-state index in [4.69, 9.17) is 14.2 Å². The van der Waals surface area contributed by atoms with Crippen molar-refractivity contribution in [3.8, 4) is 0 Å². The number of carbonyl (C=O) groups excluding carboxylic acids is 3. The van der Waals surface area contributed by atoms with Gasteiger partial charge < -0.3 is 14.2 Å². The highest BCUT2D eigenvalue weighted by Gasteiger charge is 2.62. The number of amides is 1. The molecule has 0 heterocycles. The maximum Gasteiger partial charge on any atom is 0.410 e. The molecule has 0 spiro atoms. The first-order chi connectivity index (χ1) is 12.0. The summed E-state index contributed by atoms with van der Waals surface area (Å²) in [7, 11) is 2.79. The number of esters is 1. The Morgan fingerprint density at radius 2 is 1.73 bits per heavy atom. The van der Waals surface area contributed by atoms with E-state index in [9.17, 15) is 14.4 Å². The Morgan fingerprint density at radius 1 is 1.15 bits per heavy atom. The van der Waals surface area contributed by atoms with E-state index in [0.29, 0.717) is 18.4 Å². The standard InChI is InChI=1S/C19H31NO6/c1-9-12-13(10-2)19(24-8,15(12)21)14(16(22)25-11-3)20(7)17(23)26-18(4,5)6/h14H,9-11H2,1-8H3. The van der Waals surface area contributed by atoms with E-state index in [1.165, 1.54) is 14.2 Å². The number of hydrogen-bond donors (Lipinski definition) is 0. The predicted octanol–water partition coefficient (Wildman–Crippen LogP) is 2.87. The Hall–Kier alpha value is -1.89. The van der Waals surface area contributed by atoms with Gasteiger partial charge in [-0.1, -0.05) is 13.8 Å². The van der Waals surface area contributed by atoms with Crippen molar-refractivity contribution in [2.24, 2.45) is 0 Å². The number of carbonyl (C=O) groups is 3. The van der Waals surface area contributed by atoms with Gasteiger partial charge in [0.1, 0.15) is 5.60 Å². The number of ether oxygens (including phenoxy) is 3. The maximum atomic E-state index is 12.9. The highest BCUT2D eigenvalue weighted by atomic mass is 16.6. The second-order valence-electron chi connectivity index (χ2n) is 7.18. The molecule has 0 saturated carbocycles. The first-order valence-electron chi connectivity index (χ1n) is 8.96. The molecular formula is C19H31NO6. The molecule has 0 aromatic carbocycles. The van der Waals surface area contributed by atoms with Crippen LogP contribution in [0.4, 0.5) is 4.79 Å². The number of methoxy groups -OCH3 is 1. The van der Waals surface area contributed by atoms with Gasteiger partial charge >= 0.3 is 12.1 Å². The lowest BCUT2D eigenvalue weighted by Crippen LogP contribution is -2.68. The van der Waals surface area contributed by atoms with Crippen molar-refractivity contribution < 1.29 is 28.6 Å². The highest BCUT2D eigenvalue weighted by Crippen LogP contribution is 2.45. The quantitative estimate of drug-likeness (QED) is 0.642. The first kappa shape index (κ1) is 22.2. The summed E-state index contributed by atoms with van der Waals surface area (Å²) in [5.41, 5.74) is -0.910. The third-order valence-corrected chi connectivity index (χ3v) is 4.42. The van der Waals surface area contributed by atoms with Crippen LogP contribution in [0, 0.1) is 0 Å². The number of rotatable bonds is 7. The molecule has 7 nitrogen and oxygen atoms in total. The van der Waals surface area contributed by atoms with Gasteiger partial charge in [-0.3, -0.25) is 9.69 Å². The molecule has 0 aromatic rings. The number of nitrogens with zero attached hydrogens (tertiary/aromatic N) is 1. The van der Waals surface area contributed by atoms with Crippen LogP contribution >= 0.6 is 0 Å². The Bertz CT molecular complexity index is 604. The molecule has 2 atom stereocenters. The molecule has 0 radical (unpaired) electrons. The SMILES string of the molecule is CCOC(=O)C(N(C)C(=O)OC(C)(C)C)C1(OC)C(=O)C(CC)=C1CC. The molecular weight excluding hydrogens is 338 g/mol. The molecule has 1 aliphatic rings. The van der Waals surface area contributed by atoms with Crippen molar-refractivity contribution in [1.29, 1.82) is 0 Å². The molecule has 0 N–H and O–H groups in total. The Balaban J connectivity index is 3.42. The number of Topliss-reactive ketones (excluding diaryl/α,β-unsaturated/α-hetero) is 1. The van der Waals surface area contributed by atoms with Gasteiger partial charge in [0.2, 0.25) is 0 Å². The average Bonchev–Trinajstić information content (AvgIpc) is 2.54. The van der Waals surface area contributed by atoms with E-state index in [2.05, 4.69) is 0 Å². The lowest BCUT2D eigenvalue weighted by molar-refractivity contribution is -0.168. The van der Waals surface area contributed by atoms with Crippen LogP contribution < -0.4 is 0 Å². The summed E-state index contributed by atoms with van der Waals surface area (Å²) in [4.78, 5) is 39.3. The van der Waals surface area contributed by atoms with E-state index in [1.54, 1.807) is 27.7 Å². The Labute approximate surface area is 155 Å². The summed E-state index contributed by atoms with van der Waals surface area (Å²) in [5, 5.41) is 0. The minimum absolute atomic E-state index is 0.122. The third-order valence-electron chi connectivity index (χ3n) is 4.42. The number of hydrogen-bond acceptors (Lipinski definition) is 6. The van der Waals surface area contributed by atoms with Gasteiger partial charge in [-0.15, -0.1) is 0 Å². The van der Waals surface area contributed by atoms with Crippen molar-refractivity contribution in [3.05, 3.63) is 11.1 Å². The van der Waals surface area contributed by atoms with Gasteiger partial charge in [-0.25, -0.2) is 9.59 Å². The van der Waals surface area contributed by atoms with E-state index in [0.717, 1.165) is 10.5 Å². The predicted molar refractivity (Wildman–Crippen MR) is 96.8 cm³/mol. The fourth-order valence-corrected chi connectivity index (χ4v) is 3.38. The average molecular weight is 369 g/mol. The normalized spacial score (nSPS) is 21.2. The van der Waals surface area contributed by atoms with E-state index in [-0.39, 0.29) is 12.4 Å². The van der Waals surface area contributed by atoms with Crippen molar-refractivity contribution in [2.75, 3.05) is 20.8 Å². The Kier molecular flexibility index (Phi) is 6.99. The van der Waals surface area contributed by atoms with E-state index in [1.807, 2.05) is 13.8 Å². The minimum atomic E-state index is -1.53. The third kappa shape index (κ3) is 3.77. The largest absolute Gasteiger partial charge is 0.464 e. The summed E-state index contributed by atoms with van der Waals surface area (Å²) < 4.78 is 16.1. The Morgan fingerprint density at radius 3 is 2.12 bits per heavy atom. The van der Waals surface area contributed by atoms with Gasteiger partial charge in [0.05, 0.1) is 6.61 Å². The van der Waals surface area contributed by atoms with Gasteiger partial charge in [-0.05, 0) is 46.1 Å². The topological polar surface area (TPSA) is 82.1 Å². The monoisotopic (exact) mass is 369 g/mol. The van der Waals surface area contributed by atoms with Crippen molar-refractivity contribution in [3.63, 3.8) is 0 Å². The van der Waals surface area contributed by atoms with E-state index >= 15 is 0 Å². The molecule has 26 heavy (non-hydrogen) atoms. The van der Waals surface area contributed by atoms with Gasteiger partial charge in [0, 0.05) is 19.7 Å². The van der Waals surface area contributed by atoms with Crippen molar-refractivity contribution in [2.45, 2.75) is 71.6 Å². The lowest BCUT2D eigenvalue weighted by Gasteiger charge is -2.48. The fraction of sp³-hybridized carbons (Fsp3) is 0.737. The molecule has 1 amide bonds. The van der Waals surface area contributed by atoms with Crippen molar-refractivity contribution >= 4 is 17.8 Å². The van der Waals surface area contributed by atoms with Crippen LogP contribution in [0.25, 0.3) is 0 Å². The molecule has 0 aromatic heterocycles. The van der Waals surface area contributed by atoms with Crippen LogP contribution in [0.3, 0.4) is 0 Å². The first-order valence-corrected chi connectivity index (χ1v) is 8.96. The molecule has 2 unspecified atom stereocenters. The second kappa shape index (κ2) is 8.20. The van der Waals surface area contributed by atoms with Crippen LogP contribution in [0.15, 0.2) is 11.1 Å². The summed E-state index contributed by atoms with van der Waals surface area (Å²) in [5.74, 6) is -0.982. The van der Waals surface area contributed by atoms with Crippen molar-refractivity contribution in [1.82, 2.24) is 4.90 Å². The summed E-state index contributed by atoms with van der Waals surface area (Å²) in [6.07, 6.45) is 0.347. The minimum Gasteiger partial charge on any atom is -0.464 e. The molecule has 0 saturated heterocycles. The second-order valence-corrected chi connectivity index (χ2v) is 7.18. The number of ketones is 1. The van der Waals surface area contributed by atoms with Gasteiger partial charge in [0.25, 0.3) is 0 Å². The van der Waals surface area contributed by atoms with Crippen LogP contribution in [-0.2, 0) is 23.8 Å². The van der Waals surface area contributed by atoms with Gasteiger partial charge in [-0.2, -0.15) is 0 Å². The van der Waals surface area contributed by atoms with Crippen LogP contribution in [0.1, 0.15) is 54.4 Å². The molecule has 0 aliphatic heterocycles. The van der Waals surface area contributed by atoms with E-state index < -0.39 is 29.3 Å². The molecule has 0 bridgehead atoms. The zero-order valence-electron chi connectivity index (χ0n) is 17.1. The lowest BCUT2D eigenvalue weighted by atomic mass is 9.65. The van der Waals surface area contributed by atoms with Crippen LogP contribution in [0.5, 0.6) is 0 Å². The maximum absolute atomic E-state index is 12.9. The zero-order valence-corrected chi connectivity index (χ0v) is 17.1. The fourth-order valence-electron chi connectivity index (χ4n) is 3.38. The smallest absolute Gasteiger partial charge is 0.410 e. The molecule has 1 aliphatic carbocycles. The van der Waals surface area contributed by atoms with Crippen LogP contribution in [0.2, 0.25) is 0 Å². The summed E-state index contributed by atoms with van der Waals surface area (Å²) in [6, 6.07) is -1.25. The van der Waals surface area contributed by atoms with Crippen LogP contribution in [-0.4, -0.2) is 60.8 Å². The zero-order chi connectivity index (χ0) is 20.3. The van der Waals surface area contributed by atoms with Gasteiger partial charge in [0.15, 0.2) is 17.4 Å². The highest BCUT2D eigenvalue weighted by molar-refractivity contribution is 6.15.